The zero-order valence-corrected chi connectivity index (χ0v) is 12.0. The molecule has 4 heteroatoms. The summed E-state index contributed by atoms with van der Waals surface area (Å²) in [5.41, 5.74) is 0.940. The zero-order chi connectivity index (χ0) is 14.1. The molecule has 0 bridgehead atoms. The zero-order valence-electron chi connectivity index (χ0n) is 12.0. The van der Waals surface area contributed by atoms with Crippen molar-refractivity contribution in [2.24, 2.45) is 0 Å². The molecule has 1 aromatic rings. The summed E-state index contributed by atoms with van der Waals surface area (Å²) >= 11 is 0. The van der Waals surface area contributed by atoms with Gasteiger partial charge in [-0.3, -0.25) is 0 Å². The van der Waals surface area contributed by atoms with Crippen molar-refractivity contribution in [2.75, 3.05) is 26.9 Å². The van der Waals surface area contributed by atoms with Gasteiger partial charge < -0.3 is 14.8 Å². The van der Waals surface area contributed by atoms with Gasteiger partial charge in [-0.1, -0.05) is 13.0 Å². The lowest BCUT2D eigenvalue weighted by atomic mass is 10.1. The average molecular weight is 269 g/mol. The maximum absolute atomic E-state index is 13.9. The molecule has 0 aliphatic rings. The molecule has 1 N–H and O–H groups in total. The quantitative estimate of drug-likeness (QED) is 0.698. The van der Waals surface area contributed by atoms with Crippen LogP contribution >= 0.6 is 0 Å². The van der Waals surface area contributed by atoms with E-state index >= 15 is 0 Å². The number of benzene rings is 1. The van der Waals surface area contributed by atoms with Crippen LogP contribution in [0.4, 0.5) is 4.39 Å². The summed E-state index contributed by atoms with van der Waals surface area (Å²) in [6.07, 6.45) is 1.82. The van der Waals surface area contributed by atoms with Gasteiger partial charge in [0.25, 0.3) is 0 Å². The predicted molar refractivity (Wildman–Crippen MR) is 75.1 cm³/mol. The summed E-state index contributed by atoms with van der Waals surface area (Å²) in [4.78, 5) is 0. The van der Waals surface area contributed by atoms with Crippen molar-refractivity contribution in [2.45, 2.75) is 32.7 Å². The number of methoxy groups -OCH3 is 1. The van der Waals surface area contributed by atoms with E-state index in [1.54, 1.807) is 19.2 Å². The first-order valence-corrected chi connectivity index (χ1v) is 6.83. The summed E-state index contributed by atoms with van der Waals surface area (Å²) in [7, 11) is 1.64. The maximum Gasteiger partial charge on any atom is 0.165 e. The molecule has 0 saturated carbocycles. The molecule has 108 valence electrons. The average Bonchev–Trinajstić information content (AvgIpc) is 2.42. The highest BCUT2D eigenvalue weighted by molar-refractivity contribution is 5.30. The second-order valence-corrected chi connectivity index (χ2v) is 4.56. The highest BCUT2D eigenvalue weighted by atomic mass is 19.1. The first kappa shape index (κ1) is 15.9. The van der Waals surface area contributed by atoms with E-state index in [9.17, 15) is 4.39 Å². The Morgan fingerprint density at radius 2 is 2.11 bits per heavy atom. The van der Waals surface area contributed by atoms with Gasteiger partial charge in [0, 0.05) is 26.2 Å². The van der Waals surface area contributed by atoms with Crippen molar-refractivity contribution in [3.8, 4) is 5.75 Å². The van der Waals surface area contributed by atoms with E-state index < -0.39 is 0 Å². The topological polar surface area (TPSA) is 30.5 Å². The number of hydrogen-bond acceptors (Lipinski definition) is 3. The van der Waals surface area contributed by atoms with E-state index in [4.69, 9.17) is 9.47 Å². The Labute approximate surface area is 115 Å². The fourth-order valence-electron chi connectivity index (χ4n) is 1.77. The molecule has 0 saturated heterocycles. The molecule has 0 aliphatic carbocycles. The van der Waals surface area contributed by atoms with E-state index in [0.29, 0.717) is 19.0 Å². The Hall–Kier alpha value is -1.13. The fourth-order valence-corrected chi connectivity index (χ4v) is 1.77. The molecule has 0 heterocycles. The standard InChI is InChI=1S/C15H24FNO2/c1-4-8-17-12(2)13-6-7-15(14(16)11-13)19-10-5-9-18-3/h6-7,11-12,17H,4-5,8-10H2,1-3H3. The van der Waals surface area contributed by atoms with Gasteiger partial charge in [0.15, 0.2) is 11.6 Å². The lowest BCUT2D eigenvalue weighted by Crippen LogP contribution is -2.19. The molecule has 0 fully saturated rings. The molecular weight excluding hydrogens is 245 g/mol. The number of nitrogens with one attached hydrogen (secondary N) is 1. The Kier molecular flexibility index (Phi) is 7.45. The minimum absolute atomic E-state index is 0.150. The van der Waals surface area contributed by atoms with Gasteiger partial charge in [-0.25, -0.2) is 4.39 Å². The monoisotopic (exact) mass is 269 g/mol. The number of halogens is 1. The number of hydrogen-bond donors (Lipinski definition) is 1. The van der Waals surface area contributed by atoms with Gasteiger partial charge in [0.2, 0.25) is 0 Å². The second kappa shape index (κ2) is 8.88. The van der Waals surface area contributed by atoms with E-state index in [0.717, 1.165) is 24.9 Å². The Morgan fingerprint density at radius 1 is 1.32 bits per heavy atom. The second-order valence-electron chi connectivity index (χ2n) is 4.56. The minimum Gasteiger partial charge on any atom is -0.490 e. The third-order valence-electron chi connectivity index (χ3n) is 2.91. The molecule has 0 aromatic heterocycles. The molecule has 0 amide bonds. The fraction of sp³-hybridized carbons (Fsp3) is 0.600. The van der Waals surface area contributed by atoms with Crippen LogP contribution in [-0.4, -0.2) is 26.9 Å². The van der Waals surface area contributed by atoms with Crippen LogP contribution in [0.5, 0.6) is 5.75 Å². The van der Waals surface area contributed by atoms with Crippen LogP contribution in [0.1, 0.15) is 38.3 Å². The lowest BCUT2D eigenvalue weighted by molar-refractivity contribution is 0.170. The third kappa shape index (κ3) is 5.57. The molecule has 1 aromatic carbocycles. The number of ether oxygens (including phenoxy) is 2. The minimum atomic E-state index is -0.305. The van der Waals surface area contributed by atoms with Crippen LogP contribution in [0.25, 0.3) is 0 Å². The van der Waals surface area contributed by atoms with Crippen molar-refractivity contribution >= 4 is 0 Å². The maximum atomic E-state index is 13.9. The smallest absolute Gasteiger partial charge is 0.165 e. The summed E-state index contributed by atoms with van der Waals surface area (Å²) in [6.45, 7) is 6.16. The van der Waals surface area contributed by atoms with Crippen LogP contribution < -0.4 is 10.1 Å². The van der Waals surface area contributed by atoms with Crippen LogP contribution in [0.3, 0.4) is 0 Å². The Morgan fingerprint density at radius 3 is 2.74 bits per heavy atom. The Bertz CT molecular complexity index is 371. The highest BCUT2D eigenvalue weighted by Gasteiger charge is 2.09. The molecular formula is C15H24FNO2. The summed E-state index contributed by atoms with van der Waals surface area (Å²) in [5, 5.41) is 3.33. The van der Waals surface area contributed by atoms with Gasteiger partial charge >= 0.3 is 0 Å². The highest BCUT2D eigenvalue weighted by Crippen LogP contribution is 2.22. The van der Waals surface area contributed by atoms with E-state index in [1.807, 2.05) is 13.0 Å². The van der Waals surface area contributed by atoms with Crippen molar-refractivity contribution < 1.29 is 13.9 Å². The van der Waals surface area contributed by atoms with Crippen LogP contribution in [0.15, 0.2) is 18.2 Å². The van der Waals surface area contributed by atoms with Gasteiger partial charge in [-0.2, -0.15) is 0 Å². The molecule has 3 nitrogen and oxygen atoms in total. The van der Waals surface area contributed by atoms with Crippen LogP contribution in [0.2, 0.25) is 0 Å². The Balaban J connectivity index is 2.53. The molecule has 19 heavy (non-hydrogen) atoms. The number of rotatable bonds is 9. The summed E-state index contributed by atoms with van der Waals surface area (Å²) in [6, 6.07) is 5.29. The lowest BCUT2D eigenvalue weighted by Gasteiger charge is -2.15. The van der Waals surface area contributed by atoms with E-state index in [1.165, 1.54) is 0 Å². The molecule has 1 rings (SSSR count). The van der Waals surface area contributed by atoms with Gasteiger partial charge in [-0.15, -0.1) is 0 Å². The first-order chi connectivity index (χ1) is 9.19. The molecule has 0 aliphatic heterocycles. The van der Waals surface area contributed by atoms with Gasteiger partial charge in [-0.05, 0) is 37.6 Å². The molecule has 0 spiro atoms. The summed E-state index contributed by atoms with van der Waals surface area (Å²) in [5.74, 6) is 0.00242. The van der Waals surface area contributed by atoms with Gasteiger partial charge in [0.05, 0.1) is 6.61 Å². The third-order valence-corrected chi connectivity index (χ3v) is 2.91. The van der Waals surface area contributed by atoms with E-state index in [-0.39, 0.29) is 11.9 Å². The molecule has 1 atom stereocenters. The van der Waals surface area contributed by atoms with Crippen molar-refractivity contribution in [1.82, 2.24) is 5.32 Å². The predicted octanol–water partition coefficient (Wildman–Crippen LogP) is 3.30. The largest absolute Gasteiger partial charge is 0.490 e. The van der Waals surface area contributed by atoms with Crippen LogP contribution in [-0.2, 0) is 4.74 Å². The SMILES string of the molecule is CCCNC(C)c1ccc(OCCCOC)c(F)c1. The van der Waals surface area contributed by atoms with Crippen molar-refractivity contribution in [3.63, 3.8) is 0 Å². The van der Waals surface area contributed by atoms with Crippen molar-refractivity contribution in [3.05, 3.63) is 29.6 Å². The van der Waals surface area contributed by atoms with E-state index in [2.05, 4.69) is 12.2 Å². The molecule has 1 unspecified atom stereocenters. The normalized spacial score (nSPS) is 12.4. The van der Waals surface area contributed by atoms with Crippen LogP contribution in [0, 0.1) is 5.82 Å². The summed E-state index contributed by atoms with van der Waals surface area (Å²) < 4.78 is 24.2. The first-order valence-electron chi connectivity index (χ1n) is 6.83. The van der Waals surface area contributed by atoms with Crippen molar-refractivity contribution in [1.29, 1.82) is 0 Å². The molecule has 0 radical (unpaired) electrons. The van der Waals surface area contributed by atoms with Gasteiger partial charge in [0.1, 0.15) is 0 Å².